The highest BCUT2D eigenvalue weighted by Crippen LogP contribution is 2.40. The summed E-state index contributed by atoms with van der Waals surface area (Å²) in [7, 11) is 0. The molecule has 0 saturated heterocycles. The molecule has 0 heterocycles. The third-order valence-electron chi connectivity index (χ3n) is 3.61. The normalized spacial score (nSPS) is 18.5. The van der Waals surface area contributed by atoms with Crippen LogP contribution < -0.4 is 0 Å². The van der Waals surface area contributed by atoms with Crippen LogP contribution in [0, 0.1) is 5.92 Å². The fraction of sp³-hybridized carbons (Fsp3) is 0.500. The van der Waals surface area contributed by atoms with Crippen LogP contribution in [0.4, 0.5) is 8.78 Å². The van der Waals surface area contributed by atoms with Crippen LogP contribution in [0.1, 0.15) is 47.5 Å². The Balaban J connectivity index is 2.27. The highest BCUT2D eigenvalue weighted by molar-refractivity contribution is 5.75. The van der Waals surface area contributed by atoms with Crippen molar-refractivity contribution >= 4 is 6.29 Å². The predicted molar refractivity (Wildman–Crippen MR) is 62.5 cm³/mol. The van der Waals surface area contributed by atoms with Crippen molar-refractivity contribution in [3.05, 3.63) is 35.4 Å². The topological polar surface area (TPSA) is 17.1 Å². The van der Waals surface area contributed by atoms with Gasteiger partial charge in [-0.2, -0.15) is 0 Å². The molecule has 1 atom stereocenters. The van der Waals surface area contributed by atoms with Crippen LogP contribution in [0.15, 0.2) is 24.3 Å². The number of alkyl halides is 2. The van der Waals surface area contributed by atoms with Gasteiger partial charge in [-0.1, -0.05) is 31.0 Å². The van der Waals surface area contributed by atoms with E-state index < -0.39 is 12.3 Å². The number of hydrogen-bond donors (Lipinski definition) is 0. The van der Waals surface area contributed by atoms with Crippen molar-refractivity contribution in [2.45, 2.75) is 38.0 Å². The maximum atomic E-state index is 13.2. The second kappa shape index (κ2) is 5.39. The maximum Gasteiger partial charge on any atom is 0.245 e. The fourth-order valence-corrected chi connectivity index (χ4v) is 2.78. The number of benzene rings is 1. The van der Waals surface area contributed by atoms with Gasteiger partial charge in [0.2, 0.25) is 6.43 Å². The molecule has 0 aliphatic heterocycles. The largest absolute Gasteiger partial charge is 0.298 e. The van der Waals surface area contributed by atoms with Gasteiger partial charge in [-0.15, -0.1) is 0 Å². The van der Waals surface area contributed by atoms with E-state index in [0.29, 0.717) is 17.4 Å². The second-order valence-corrected chi connectivity index (χ2v) is 4.69. The van der Waals surface area contributed by atoms with E-state index in [2.05, 4.69) is 0 Å². The number of carbonyl (C=O) groups excluding carboxylic acids is 1. The van der Waals surface area contributed by atoms with Crippen LogP contribution in [-0.4, -0.2) is 12.7 Å². The van der Waals surface area contributed by atoms with E-state index in [0.717, 1.165) is 25.7 Å². The number of rotatable bonds is 4. The van der Waals surface area contributed by atoms with Crippen molar-refractivity contribution < 1.29 is 13.6 Å². The first-order valence-electron chi connectivity index (χ1n) is 6.05. The SMILES string of the molecule is O=Cc1cccc(C(C(F)F)C2CCCC2)c1. The molecular formula is C14H16F2O. The van der Waals surface area contributed by atoms with Gasteiger partial charge >= 0.3 is 0 Å². The summed E-state index contributed by atoms with van der Waals surface area (Å²) in [5.74, 6) is -0.644. The van der Waals surface area contributed by atoms with Gasteiger partial charge in [-0.3, -0.25) is 4.79 Å². The van der Waals surface area contributed by atoms with Crippen molar-refractivity contribution in [2.24, 2.45) is 5.92 Å². The lowest BCUT2D eigenvalue weighted by atomic mass is 9.84. The smallest absolute Gasteiger partial charge is 0.245 e. The molecule has 1 fully saturated rings. The first-order valence-corrected chi connectivity index (χ1v) is 6.05. The van der Waals surface area contributed by atoms with Crippen LogP contribution in [0.5, 0.6) is 0 Å². The van der Waals surface area contributed by atoms with Gasteiger partial charge in [-0.05, 0) is 30.4 Å². The van der Waals surface area contributed by atoms with Gasteiger partial charge in [0, 0.05) is 11.5 Å². The third kappa shape index (κ3) is 2.71. The van der Waals surface area contributed by atoms with Crippen LogP contribution in [-0.2, 0) is 0 Å². The first kappa shape index (κ1) is 12.2. The summed E-state index contributed by atoms with van der Waals surface area (Å²) in [4.78, 5) is 10.7. The molecule has 0 N–H and O–H groups in total. The number of halogens is 2. The molecule has 1 aliphatic carbocycles. The minimum absolute atomic E-state index is 0.0666. The summed E-state index contributed by atoms with van der Waals surface area (Å²) in [6.45, 7) is 0. The van der Waals surface area contributed by atoms with Gasteiger partial charge in [0.15, 0.2) is 0 Å². The Morgan fingerprint density at radius 2 is 1.94 bits per heavy atom. The van der Waals surface area contributed by atoms with Gasteiger partial charge in [0.1, 0.15) is 6.29 Å². The molecule has 92 valence electrons. The number of aldehydes is 1. The average Bonchev–Trinajstić information content (AvgIpc) is 2.83. The minimum atomic E-state index is -2.35. The molecular weight excluding hydrogens is 222 g/mol. The minimum Gasteiger partial charge on any atom is -0.298 e. The Hall–Kier alpha value is -1.25. The van der Waals surface area contributed by atoms with Crippen LogP contribution >= 0.6 is 0 Å². The molecule has 0 amide bonds. The monoisotopic (exact) mass is 238 g/mol. The molecule has 1 aromatic carbocycles. The van der Waals surface area contributed by atoms with E-state index in [9.17, 15) is 13.6 Å². The van der Waals surface area contributed by atoms with Gasteiger partial charge in [0.25, 0.3) is 0 Å². The average molecular weight is 238 g/mol. The second-order valence-electron chi connectivity index (χ2n) is 4.69. The Labute approximate surface area is 99.8 Å². The highest BCUT2D eigenvalue weighted by atomic mass is 19.3. The zero-order valence-electron chi connectivity index (χ0n) is 9.61. The van der Waals surface area contributed by atoms with Gasteiger partial charge in [0.05, 0.1) is 0 Å². The summed E-state index contributed by atoms with van der Waals surface area (Å²) in [6, 6.07) is 6.64. The number of carbonyl (C=O) groups is 1. The van der Waals surface area contributed by atoms with Crippen LogP contribution in [0.3, 0.4) is 0 Å². The molecule has 2 rings (SSSR count). The quantitative estimate of drug-likeness (QED) is 0.723. The molecule has 0 spiro atoms. The molecule has 1 saturated carbocycles. The lowest BCUT2D eigenvalue weighted by molar-refractivity contribution is 0.0866. The maximum absolute atomic E-state index is 13.2. The van der Waals surface area contributed by atoms with Gasteiger partial charge in [-0.25, -0.2) is 8.78 Å². The van der Waals surface area contributed by atoms with Gasteiger partial charge < -0.3 is 0 Å². The molecule has 1 nitrogen and oxygen atoms in total. The van der Waals surface area contributed by atoms with Crippen molar-refractivity contribution in [3.63, 3.8) is 0 Å². The Morgan fingerprint density at radius 1 is 1.24 bits per heavy atom. The summed E-state index contributed by atoms with van der Waals surface area (Å²) >= 11 is 0. The summed E-state index contributed by atoms with van der Waals surface area (Å²) < 4.78 is 26.4. The predicted octanol–water partition coefficient (Wildman–Crippen LogP) is 4.04. The van der Waals surface area contributed by atoms with E-state index in [-0.39, 0.29) is 5.92 Å². The van der Waals surface area contributed by atoms with E-state index >= 15 is 0 Å². The lowest BCUT2D eigenvalue weighted by Crippen LogP contribution is -2.18. The molecule has 0 bridgehead atoms. The third-order valence-corrected chi connectivity index (χ3v) is 3.61. The summed E-state index contributed by atoms with van der Waals surface area (Å²) in [6.07, 6.45) is 2.20. The first-order chi connectivity index (χ1) is 8.22. The van der Waals surface area contributed by atoms with E-state index in [1.165, 1.54) is 0 Å². The zero-order valence-corrected chi connectivity index (χ0v) is 9.61. The van der Waals surface area contributed by atoms with Crippen molar-refractivity contribution in [3.8, 4) is 0 Å². The Morgan fingerprint density at radius 3 is 2.53 bits per heavy atom. The molecule has 17 heavy (non-hydrogen) atoms. The standard InChI is InChI=1S/C14H16F2O/c15-14(16)13(11-5-1-2-6-11)12-7-3-4-10(8-12)9-17/h3-4,7-9,11,13-14H,1-2,5-6H2. The van der Waals surface area contributed by atoms with E-state index in [1.54, 1.807) is 24.3 Å². The molecule has 3 heteroatoms. The van der Waals surface area contributed by atoms with E-state index in [4.69, 9.17) is 0 Å². The summed E-state index contributed by atoms with van der Waals surface area (Å²) in [5, 5.41) is 0. The Kier molecular flexibility index (Phi) is 3.87. The fourth-order valence-electron chi connectivity index (χ4n) is 2.78. The van der Waals surface area contributed by atoms with Crippen molar-refractivity contribution in [2.75, 3.05) is 0 Å². The molecule has 0 radical (unpaired) electrons. The zero-order chi connectivity index (χ0) is 12.3. The molecule has 1 aliphatic rings. The van der Waals surface area contributed by atoms with Crippen molar-refractivity contribution in [1.29, 1.82) is 0 Å². The number of hydrogen-bond acceptors (Lipinski definition) is 1. The molecule has 1 aromatic rings. The lowest BCUT2D eigenvalue weighted by Gasteiger charge is -2.23. The highest BCUT2D eigenvalue weighted by Gasteiger charge is 2.33. The molecule has 0 aromatic heterocycles. The van der Waals surface area contributed by atoms with Crippen molar-refractivity contribution in [1.82, 2.24) is 0 Å². The van der Waals surface area contributed by atoms with Crippen LogP contribution in [0.25, 0.3) is 0 Å². The molecule has 1 unspecified atom stereocenters. The van der Waals surface area contributed by atoms with E-state index in [1.807, 2.05) is 0 Å². The summed E-state index contributed by atoms with van der Waals surface area (Å²) in [5.41, 5.74) is 1.09. The van der Waals surface area contributed by atoms with Crippen LogP contribution in [0.2, 0.25) is 0 Å². The Bertz CT molecular complexity index is 384.